The standard InChI is InChI=1S/C9H15N3O2/c1-2-11-6-8(13)12(9(11)14)7-3-4-10-5-7/h7,10H,2-6H2,1H3/t7-/m1/s1. The minimum absolute atomic E-state index is 0.0504. The van der Waals surface area contributed by atoms with E-state index in [1.165, 1.54) is 4.90 Å². The molecule has 5 nitrogen and oxygen atoms in total. The first-order valence-corrected chi connectivity index (χ1v) is 5.05. The van der Waals surface area contributed by atoms with Crippen molar-refractivity contribution in [2.24, 2.45) is 0 Å². The van der Waals surface area contributed by atoms with Crippen molar-refractivity contribution in [3.63, 3.8) is 0 Å². The zero-order valence-corrected chi connectivity index (χ0v) is 8.32. The molecule has 0 radical (unpaired) electrons. The van der Waals surface area contributed by atoms with Gasteiger partial charge >= 0.3 is 6.03 Å². The number of nitrogens with zero attached hydrogens (tertiary/aromatic N) is 2. The molecule has 14 heavy (non-hydrogen) atoms. The summed E-state index contributed by atoms with van der Waals surface area (Å²) < 4.78 is 0. The van der Waals surface area contributed by atoms with Gasteiger partial charge in [-0.25, -0.2) is 4.79 Å². The molecular weight excluding hydrogens is 182 g/mol. The van der Waals surface area contributed by atoms with Crippen LogP contribution in [0.15, 0.2) is 0 Å². The summed E-state index contributed by atoms with van der Waals surface area (Å²) in [6.07, 6.45) is 0.884. The quantitative estimate of drug-likeness (QED) is 0.615. The fourth-order valence-electron chi connectivity index (χ4n) is 2.03. The fraction of sp³-hybridized carbons (Fsp3) is 0.778. The molecule has 2 aliphatic rings. The van der Waals surface area contributed by atoms with E-state index in [0.29, 0.717) is 6.54 Å². The van der Waals surface area contributed by atoms with E-state index in [1.807, 2.05) is 6.92 Å². The number of amides is 3. The molecule has 1 N–H and O–H groups in total. The molecule has 0 spiro atoms. The smallest absolute Gasteiger partial charge is 0.315 e. The number of rotatable bonds is 2. The Morgan fingerprint density at radius 2 is 2.29 bits per heavy atom. The van der Waals surface area contributed by atoms with Gasteiger partial charge in [-0.3, -0.25) is 9.69 Å². The number of hydrogen-bond acceptors (Lipinski definition) is 3. The van der Waals surface area contributed by atoms with Crippen LogP contribution < -0.4 is 5.32 Å². The fourth-order valence-corrected chi connectivity index (χ4v) is 2.03. The molecule has 2 fully saturated rings. The van der Waals surface area contributed by atoms with Crippen LogP contribution in [-0.2, 0) is 4.79 Å². The van der Waals surface area contributed by atoms with Gasteiger partial charge in [0.1, 0.15) is 6.54 Å². The Hall–Kier alpha value is -1.10. The van der Waals surface area contributed by atoms with Crippen LogP contribution in [0.25, 0.3) is 0 Å². The zero-order valence-electron chi connectivity index (χ0n) is 8.32. The molecule has 2 heterocycles. The van der Waals surface area contributed by atoms with Crippen LogP contribution in [0.4, 0.5) is 4.79 Å². The van der Waals surface area contributed by atoms with Crippen molar-refractivity contribution in [3.05, 3.63) is 0 Å². The van der Waals surface area contributed by atoms with Crippen LogP contribution in [0, 0.1) is 0 Å². The summed E-state index contributed by atoms with van der Waals surface area (Å²) in [7, 11) is 0. The lowest BCUT2D eigenvalue weighted by Gasteiger charge is -2.21. The third-order valence-electron chi connectivity index (χ3n) is 2.85. The van der Waals surface area contributed by atoms with Gasteiger partial charge in [0.15, 0.2) is 0 Å². The largest absolute Gasteiger partial charge is 0.327 e. The molecule has 0 saturated carbocycles. The van der Waals surface area contributed by atoms with Crippen molar-refractivity contribution >= 4 is 11.9 Å². The van der Waals surface area contributed by atoms with E-state index < -0.39 is 0 Å². The van der Waals surface area contributed by atoms with Gasteiger partial charge in [-0.05, 0) is 19.9 Å². The number of urea groups is 1. The Bertz CT molecular complexity index is 261. The van der Waals surface area contributed by atoms with Crippen molar-refractivity contribution in [1.82, 2.24) is 15.1 Å². The summed E-state index contributed by atoms with van der Waals surface area (Å²) in [5.74, 6) is -0.0504. The summed E-state index contributed by atoms with van der Waals surface area (Å²) in [5.41, 5.74) is 0. The third-order valence-corrected chi connectivity index (χ3v) is 2.85. The second-order valence-electron chi connectivity index (χ2n) is 3.71. The molecule has 0 aromatic carbocycles. The van der Waals surface area contributed by atoms with Crippen LogP contribution in [0.1, 0.15) is 13.3 Å². The second-order valence-corrected chi connectivity index (χ2v) is 3.71. The molecule has 0 aromatic heterocycles. The maximum atomic E-state index is 11.7. The zero-order chi connectivity index (χ0) is 10.1. The van der Waals surface area contributed by atoms with E-state index in [0.717, 1.165) is 19.5 Å². The topological polar surface area (TPSA) is 52.7 Å². The maximum Gasteiger partial charge on any atom is 0.327 e. The van der Waals surface area contributed by atoms with E-state index in [9.17, 15) is 9.59 Å². The SMILES string of the molecule is CCN1CC(=O)N([C@@H]2CCNC2)C1=O. The predicted molar refractivity (Wildman–Crippen MR) is 50.8 cm³/mol. The minimum atomic E-state index is -0.119. The number of likely N-dealkylation sites (N-methyl/N-ethyl adjacent to an activating group) is 1. The highest BCUT2D eigenvalue weighted by Crippen LogP contribution is 2.17. The lowest BCUT2D eigenvalue weighted by Crippen LogP contribution is -2.42. The van der Waals surface area contributed by atoms with Gasteiger partial charge in [-0.15, -0.1) is 0 Å². The third kappa shape index (κ3) is 1.37. The average molecular weight is 197 g/mol. The van der Waals surface area contributed by atoms with Crippen molar-refractivity contribution in [3.8, 4) is 0 Å². The lowest BCUT2D eigenvalue weighted by atomic mass is 10.2. The van der Waals surface area contributed by atoms with Crippen LogP contribution in [0.3, 0.4) is 0 Å². The second kappa shape index (κ2) is 3.57. The number of hydrogen-bond donors (Lipinski definition) is 1. The summed E-state index contributed by atoms with van der Waals surface area (Å²) in [6, 6.07) is -0.0437. The Morgan fingerprint density at radius 3 is 2.79 bits per heavy atom. The number of carbonyl (C=O) groups excluding carboxylic acids is 2. The average Bonchev–Trinajstić information content (AvgIpc) is 2.74. The summed E-state index contributed by atoms with van der Waals surface area (Å²) in [6.45, 7) is 4.40. The van der Waals surface area contributed by atoms with Gasteiger partial charge in [0.05, 0.1) is 6.04 Å². The van der Waals surface area contributed by atoms with E-state index >= 15 is 0 Å². The predicted octanol–water partition coefficient (Wildman–Crippen LogP) is -0.368. The summed E-state index contributed by atoms with van der Waals surface area (Å²) in [5, 5.41) is 3.16. The monoisotopic (exact) mass is 197 g/mol. The van der Waals surface area contributed by atoms with E-state index in [4.69, 9.17) is 0 Å². The Kier molecular flexibility index (Phi) is 2.41. The lowest BCUT2D eigenvalue weighted by molar-refractivity contribution is -0.126. The first-order valence-electron chi connectivity index (χ1n) is 5.05. The molecular formula is C9H15N3O2. The molecule has 2 aliphatic heterocycles. The summed E-state index contributed by atoms with van der Waals surface area (Å²) >= 11 is 0. The van der Waals surface area contributed by atoms with Gasteiger partial charge < -0.3 is 10.2 Å². The Balaban J connectivity index is 2.10. The van der Waals surface area contributed by atoms with Gasteiger partial charge in [-0.2, -0.15) is 0 Å². The highest BCUT2D eigenvalue weighted by atomic mass is 16.2. The molecule has 0 aromatic rings. The molecule has 5 heteroatoms. The highest BCUT2D eigenvalue weighted by molar-refractivity contribution is 6.02. The Labute approximate surface area is 83.0 Å². The minimum Gasteiger partial charge on any atom is -0.315 e. The van der Waals surface area contributed by atoms with Gasteiger partial charge in [-0.1, -0.05) is 0 Å². The van der Waals surface area contributed by atoms with Crippen LogP contribution in [0.2, 0.25) is 0 Å². The molecule has 1 atom stereocenters. The van der Waals surface area contributed by atoms with E-state index in [2.05, 4.69) is 5.32 Å². The van der Waals surface area contributed by atoms with Crippen molar-refractivity contribution in [1.29, 1.82) is 0 Å². The number of carbonyl (C=O) groups is 2. The molecule has 2 rings (SSSR count). The molecule has 2 saturated heterocycles. The van der Waals surface area contributed by atoms with Gasteiger partial charge in [0, 0.05) is 13.1 Å². The van der Waals surface area contributed by atoms with Crippen molar-refractivity contribution in [2.75, 3.05) is 26.2 Å². The van der Waals surface area contributed by atoms with E-state index in [-0.39, 0.29) is 24.5 Å². The van der Waals surface area contributed by atoms with Crippen LogP contribution in [-0.4, -0.2) is 54.0 Å². The van der Waals surface area contributed by atoms with Gasteiger partial charge in [0.2, 0.25) is 0 Å². The maximum absolute atomic E-state index is 11.7. The molecule has 78 valence electrons. The van der Waals surface area contributed by atoms with E-state index in [1.54, 1.807) is 4.90 Å². The Morgan fingerprint density at radius 1 is 1.50 bits per heavy atom. The highest BCUT2D eigenvalue weighted by Gasteiger charge is 2.40. The number of nitrogens with one attached hydrogen (secondary N) is 1. The normalized spacial score (nSPS) is 27.9. The molecule has 0 unspecified atom stereocenters. The molecule has 3 amide bonds. The number of imide groups is 1. The van der Waals surface area contributed by atoms with Crippen molar-refractivity contribution < 1.29 is 9.59 Å². The summed E-state index contributed by atoms with van der Waals surface area (Å²) in [4.78, 5) is 26.3. The van der Waals surface area contributed by atoms with Gasteiger partial charge in [0.25, 0.3) is 5.91 Å². The van der Waals surface area contributed by atoms with Crippen molar-refractivity contribution in [2.45, 2.75) is 19.4 Å². The first-order chi connectivity index (χ1) is 6.74. The first kappa shape index (κ1) is 9.45. The molecule has 0 bridgehead atoms. The van der Waals surface area contributed by atoms with Crippen LogP contribution >= 0.6 is 0 Å². The van der Waals surface area contributed by atoms with Crippen LogP contribution in [0.5, 0.6) is 0 Å². The molecule has 0 aliphatic carbocycles.